The Morgan fingerprint density at radius 3 is 2.29 bits per heavy atom. The molecule has 0 fully saturated rings. The van der Waals surface area contributed by atoms with E-state index in [0.717, 1.165) is 16.9 Å². The Kier molecular flexibility index (Phi) is 6.82. The molecule has 0 saturated carbocycles. The molecule has 4 nitrogen and oxygen atoms in total. The van der Waals surface area contributed by atoms with E-state index in [1.165, 1.54) is 0 Å². The molecule has 0 aliphatic heterocycles. The van der Waals surface area contributed by atoms with Crippen molar-refractivity contribution in [1.82, 2.24) is 4.90 Å². The summed E-state index contributed by atoms with van der Waals surface area (Å²) in [5, 5.41) is 0. The Morgan fingerprint density at radius 2 is 1.71 bits per heavy atom. The van der Waals surface area contributed by atoms with Crippen molar-refractivity contribution >= 4 is 5.97 Å². The first-order valence-electron chi connectivity index (χ1n) is 8.18. The molecular weight excluding hydrogens is 302 g/mol. The second-order valence-electron chi connectivity index (χ2n) is 5.91. The summed E-state index contributed by atoms with van der Waals surface area (Å²) in [5.74, 6) is 0.308. The lowest BCUT2D eigenvalue weighted by molar-refractivity contribution is -0.145. The van der Waals surface area contributed by atoms with Gasteiger partial charge in [0.25, 0.3) is 0 Å². The van der Waals surface area contributed by atoms with Crippen LogP contribution in [0.5, 0.6) is 5.75 Å². The van der Waals surface area contributed by atoms with Gasteiger partial charge < -0.3 is 14.4 Å². The summed E-state index contributed by atoms with van der Waals surface area (Å²) >= 11 is 0. The van der Waals surface area contributed by atoms with Crippen molar-refractivity contribution in [2.75, 3.05) is 27.2 Å². The molecule has 2 rings (SSSR count). The van der Waals surface area contributed by atoms with Gasteiger partial charge in [0.1, 0.15) is 12.4 Å². The number of hydrogen-bond acceptors (Lipinski definition) is 4. The van der Waals surface area contributed by atoms with Crippen molar-refractivity contribution in [3.63, 3.8) is 0 Å². The predicted octanol–water partition coefficient (Wildman–Crippen LogP) is 3.47. The van der Waals surface area contributed by atoms with Gasteiger partial charge in [-0.3, -0.25) is 4.79 Å². The molecule has 24 heavy (non-hydrogen) atoms. The van der Waals surface area contributed by atoms with E-state index in [4.69, 9.17) is 9.47 Å². The van der Waals surface area contributed by atoms with Crippen molar-refractivity contribution in [3.05, 3.63) is 65.7 Å². The minimum atomic E-state index is -0.289. The fourth-order valence-electron chi connectivity index (χ4n) is 2.46. The highest BCUT2D eigenvalue weighted by Crippen LogP contribution is 2.22. The first-order chi connectivity index (χ1) is 11.6. The van der Waals surface area contributed by atoms with Gasteiger partial charge >= 0.3 is 5.97 Å². The molecule has 0 aliphatic rings. The zero-order chi connectivity index (χ0) is 17.4. The Labute approximate surface area is 144 Å². The summed E-state index contributed by atoms with van der Waals surface area (Å²) in [6.45, 7) is 3.36. The molecule has 0 heterocycles. The zero-order valence-electron chi connectivity index (χ0n) is 14.6. The highest BCUT2D eigenvalue weighted by Gasteiger charge is 2.22. The smallest absolute Gasteiger partial charge is 0.314 e. The fraction of sp³-hybridized carbons (Fsp3) is 0.350. The first kappa shape index (κ1) is 18.0. The maximum Gasteiger partial charge on any atom is 0.314 e. The maximum absolute atomic E-state index is 12.2. The fourth-order valence-corrected chi connectivity index (χ4v) is 2.46. The van der Waals surface area contributed by atoms with Crippen LogP contribution in [-0.4, -0.2) is 38.1 Å². The minimum Gasteiger partial charge on any atom is -0.489 e. The van der Waals surface area contributed by atoms with E-state index in [1.54, 1.807) is 0 Å². The van der Waals surface area contributed by atoms with Crippen LogP contribution in [0.1, 0.15) is 24.0 Å². The number of ether oxygens (including phenoxy) is 2. The number of hydrogen-bond donors (Lipinski definition) is 0. The van der Waals surface area contributed by atoms with E-state index in [0.29, 0.717) is 19.8 Å². The summed E-state index contributed by atoms with van der Waals surface area (Å²) in [6.07, 6.45) is 0. The third-order valence-electron chi connectivity index (χ3n) is 3.65. The molecular formula is C20H25NO3. The predicted molar refractivity (Wildman–Crippen MR) is 95.1 cm³/mol. The van der Waals surface area contributed by atoms with Crippen molar-refractivity contribution in [2.45, 2.75) is 19.4 Å². The minimum absolute atomic E-state index is 0.191. The van der Waals surface area contributed by atoms with Crippen LogP contribution in [0.2, 0.25) is 0 Å². The van der Waals surface area contributed by atoms with E-state index in [1.807, 2.05) is 80.5 Å². The normalized spacial score (nSPS) is 12.0. The van der Waals surface area contributed by atoms with E-state index >= 15 is 0 Å². The topological polar surface area (TPSA) is 38.8 Å². The summed E-state index contributed by atoms with van der Waals surface area (Å²) in [4.78, 5) is 14.2. The third kappa shape index (κ3) is 5.39. The molecule has 0 aliphatic carbocycles. The van der Waals surface area contributed by atoms with Gasteiger partial charge in [0, 0.05) is 6.54 Å². The van der Waals surface area contributed by atoms with Crippen LogP contribution in [0, 0.1) is 0 Å². The largest absolute Gasteiger partial charge is 0.489 e. The molecule has 0 radical (unpaired) electrons. The SMILES string of the molecule is CCOC(=O)[C@@H](CN(C)C)c1ccc(OCc2ccccc2)cc1. The third-order valence-corrected chi connectivity index (χ3v) is 3.65. The van der Waals surface area contributed by atoms with E-state index in [9.17, 15) is 4.79 Å². The second kappa shape index (κ2) is 9.08. The molecule has 0 spiro atoms. The molecule has 0 amide bonds. The van der Waals surface area contributed by atoms with E-state index < -0.39 is 0 Å². The van der Waals surface area contributed by atoms with E-state index in [-0.39, 0.29) is 11.9 Å². The maximum atomic E-state index is 12.2. The molecule has 0 N–H and O–H groups in total. The van der Waals surface area contributed by atoms with Gasteiger partial charge in [-0.1, -0.05) is 42.5 Å². The lowest BCUT2D eigenvalue weighted by Gasteiger charge is -2.20. The molecule has 2 aromatic rings. The summed E-state index contributed by atoms with van der Waals surface area (Å²) in [7, 11) is 3.90. The standard InChI is InChI=1S/C20H25NO3/c1-4-23-20(22)19(14-21(2)3)17-10-12-18(13-11-17)24-15-16-8-6-5-7-9-16/h5-13,19H,4,14-15H2,1-3H3/t19-/m0/s1. The molecule has 1 atom stereocenters. The molecule has 2 aromatic carbocycles. The van der Waals surface area contributed by atoms with Crippen LogP contribution < -0.4 is 4.74 Å². The number of carbonyl (C=O) groups excluding carboxylic acids is 1. The first-order valence-corrected chi connectivity index (χ1v) is 8.18. The van der Waals surface area contributed by atoms with E-state index in [2.05, 4.69) is 0 Å². The molecule has 128 valence electrons. The van der Waals surface area contributed by atoms with Crippen LogP contribution in [0.25, 0.3) is 0 Å². The number of likely N-dealkylation sites (N-methyl/N-ethyl adjacent to an activating group) is 1. The molecule has 0 bridgehead atoms. The lowest BCUT2D eigenvalue weighted by Crippen LogP contribution is -2.27. The monoisotopic (exact) mass is 327 g/mol. The van der Waals surface area contributed by atoms with Gasteiger partial charge in [0.15, 0.2) is 0 Å². The van der Waals surface area contributed by atoms with Gasteiger partial charge in [-0.05, 0) is 44.3 Å². The van der Waals surface area contributed by atoms with Gasteiger partial charge in [-0.15, -0.1) is 0 Å². The quantitative estimate of drug-likeness (QED) is 0.696. The zero-order valence-corrected chi connectivity index (χ0v) is 14.6. The number of carbonyl (C=O) groups is 1. The Bertz CT molecular complexity index is 623. The summed E-state index contributed by atoms with van der Waals surface area (Å²) in [5.41, 5.74) is 2.06. The van der Waals surface area contributed by atoms with Gasteiger partial charge in [0.2, 0.25) is 0 Å². The van der Waals surface area contributed by atoms with Gasteiger partial charge in [-0.25, -0.2) is 0 Å². The molecule has 0 aromatic heterocycles. The van der Waals surface area contributed by atoms with Crippen LogP contribution in [0.3, 0.4) is 0 Å². The van der Waals surface area contributed by atoms with Crippen LogP contribution in [0.15, 0.2) is 54.6 Å². The highest BCUT2D eigenvalue weighted by atomic mass is 16.5. The van der Waals surface area contributed by atoms with Gasteiger partial charge in [0.05, 0.1) is 12.5 Å². The number of nitrogens with zero attached hydrogens (tertiary/aromatic N) is 1. The van der Waals surface area contributed by atoms with Crippen molar-refractivity contribution in [2.24, 2.45) is 0 Å². The highest BCUT2D eigenvalue weighted by molar-refractivity contribution is 5.78. The number of benzene rings is 2. The van der Waals surface area contributed by atoms with Crippen molar-refractivity contribution < 1.29 is 14.3 Å². The molecule has 0 saturated heterocycles. The summed E-state index contributed by atoms with van der Waals surface area (Å²) < 4.78 is 11.0. The van der Waals surface area contributed by atoms with Crippen molar-refractivity contribution in [1.29, 1.82) is 0 Å². The lowest BCUT2D eigenvalue weighted by atomic mass is 9.98. The van der Waals surface area contributed by atoms with Crippen molar-refractivity contribution in [3.8, 4) is 5.75 Å². The second-order valence-corrected chi connectivity index (χ2v) is 5.91. The van der Waals surface area contributed by atoms with Crippen LogP contribution in [-0.2, 0) is 16.1 Å². The number of esters is 1. The Balaban J connectivity index is 2.03. The Hall–Kier alpha value is -2.33. The van der Waals surface area contributed by atoms with Crippen LogP contribution in [0.4, 0.5) is 0 Å². The van der Waals surface area contributed by atoms with Gasteiger partial charge in [-0.2, -0.15) is 0 Å². The summed E-state index contributed by atoms with van der Waals surface area (Å²) in [6, 6.07) is 17.7. The molecule has 0 unspecified atom stereocenters. The average molecular weight is 327 g/mol. The number of rotatable bonds is 8. The Morgan fingerprint density at radius 1 is 1.04 bits per heavy atom. The average Bonchev–Trinajstić information content (AvgIpc) is 2.59. The van der Waals surface area contributed by atoms with Crippen LogP contribution >= 0.6 is 0 Å². The molecule has 4 heteroatoms.